The molecule has 0 N–H and O–H groups in total. The van der Waals surface area contributed by atoms with Crippen LogP contribution in [-0.4, -0.2) is 19.2 Å². The second kappa shape index (κ2) is 9.01. The van der Waals surface area contributed by atoms with Gasteiger partial charge in [-0.1, -0.05) is 36.4 Å². The van der Waals surface area contributed by atoms with Crippen molar-refractivity contribution < 1.29 is 4.79 Å². The number of hydrogen-bond donors (Lipinski definition) is 0. The van der Waals surface area contributed by atoms with Crippen molar-refractivity contribution in [3.63, 3.8) is 0 Å². The molecule has 2 aromatic carbocycles. The summed E-state index contributed by atoms with van der Waals surface area (Å²) in [7, 11) is 1.81. The Morgan fingerprint density at radius 2 is 1.86 bits per heavy atom. The summed E-state index contributed by atoms with van der Waals surface area (Å²) in [4.78, 5) is 18.1. The fourth-order valence-corrected chi connectivity index (χ4v) is 3.71. The number of anilines is 1. The number of hydrogen-bond acceptors (Lipinski definition) is 2. The minimum Gasteiger partial charge on any atom is -0.316 e. The molecular weight excluding hydrogens is 344 g/mol. The van der Waals surface area contributed by atoms with Gasteiger partial charge in [0.1, 0.15) is 0 Å². The molecule has 0 saturated heterocycles. The van der Waals surface area contributed by atoms with Crippen LogP contribution >= 0.6 is 0 Å². The summed E-state index contributed by atoms with van der Waals surface area (Å²) in [6, 6.07) is 14.9. The van der Waals surface area contributed by atoms with Crippen molar-refractivity contribution in [2.75, 3.05) is 11.9 Å². The molecule has 1 heterocycles. The minimum atomic E-state index is 0.0407. The Kier molecular flexibility index (Phi) is 6.45. The highest BCUT2D eigenvalue weighted by Crippen LogP contribution is 2.34. The highest BCUT2D eigenvalue weighted by Gasteiger charge is 2.20. The first-order chi connectivity index (χ1) is 13.5. The van der Waals surface area contributed by atoms with Crippen LogP contribution in [0.2, 0.25) is 0 Å². The van der Waals surface area contributed by atoms with E-state index < -0.39 is 0 Å². The molecule has 3 nitrogen and oxygen atoms in total. The zero-order valence-corrected chi connectivity index (χ0v) is 17.4. The van der Waals surface area contributed by atoms with Crippen molar-refractivity contribution in [2.45, 2.75) is 52.4 Å². The molecule has 28 heavy (non-hydrogen) atoms. The molecule has 0 radical (unpaired) electrons. The maximum atomic E-state index is 11.6. The molecule has 3 rings (SSSR count). The Morgan fingerprint density at radius 1 is 1.11 bits per heavy atom. The number of aliphatic imine (C=N–C) groups is 1. The SMILES string of the molecule is CC(=O)N(C)c1ccc(CC(C2=CCCCC=N2)c2cccc(C)c2C)cc1. The molecule has 1 amide bonds. The van der Waals surface area contributed by atoms with E-state index in [9.17, 15) is 4.79 Å². The van der Waals surface area contributed by atoms with E-state index in [1.165, 1.54) is 34.4 Å². The van der Waals surface area contributed by atoms with Crippen molar-refractivity contribution in [1.82, 2.24) is 0 Å². The summed E-state index contributed by atoms with van der Waals surface area (Å²) in [5, 5.41) is 0. The third-order valence-electron chi connectivity index (χ3n) is 5.75. The second-order valence-corrected chi connectivity index (χ2v) is 7.66. The molecule has 0 aromatic heterocycles. The lowest BCUT2D eigenvalue weighted by atomic mass is 9.85. The molecule has 0 aliphatic carbocycles. The third kappa shape index (κ3) is 4.59. The van der Waals surface area contributed by atoms with Crippen LogP contribution in [-0.2, 0) is 11.2 Å². The van der Waals surface area contributed by atoms with Crippen LogP contribution in [0.25, 0.3) is 0 Å². The van der Waals surface area contributed by atoms with Gasteiger partial charge in [0.25, 0.3) is 0 Å². The summed E-state index contributed by atoms with van der Waals surface area (Å²) in [6.45, 7) is 5.97. The molecule has 0 spiro atoms. The Bertz CT molecular complexity index is 893. The van der Waals surface area contributed by atoms with E-state index in [1.807, 2.05) is 12.1 Å². The number of allylic oxidation sites excluding steroid dienone is 2. The first-order valence-electron chi connectivity index (χ1n) is 10.1. The van der Waals surface area contributed by atoms with Gasteiger partial charge < -0.3 is 4.90 Å². The third-order valence-corrected chi connectivity index (χ3v) is 5.75. The highest BCUT2D eigenvalue weighted by molar-refractivity contribution is 5.90. The van der Waals surface area contributed by atoms with Crippen LogP contribution < -0.4 is 4.90 Å². The van der Waals surface area contributed by atoms with Gasteiger partial charge in [-0.15, -0.1) is 0 Å². The lowest BCUT2D eigenvalue weighted by Crippen LogP contribution is -2.22. The number of amides is 1. The van der Waals surface area contributed by atoms with Crippen molar-refractivity contribution in [3.05, 3.63) is 76.5 Å². The predicted molar refractivity (Wildman–Crippen MR) is 118 cm³/mol. The van der Waals surface area contributed by atoms with Gasteiger partial charge >= 0.3 is 0 Å². The zero-order valence-electron chi connectivity index (χ0n) is 17.4. The first kappa shape index (κ1) is 20.1. The van der Waals surface area contributed by atoms with Crippen molar-refractivity contribution in [2.24, 2.45) is 4.99 Å². The van der Waals surface area contributed by atoms with Crippen LogP contribution in [0.15, 0.2) is 59.2 Å². The van der Waals surface area contributed by atoms with Gasteiger partial charge in [0, 0.05) is 37.5 Å². The minimum absolute atomic E-state index is 0.0407. The van der Waals surface area contributed by atoms with Gasteiger partial charge in [0.2, 0.25) is 5.91 Å². The largest absolute Gasteiger partial charge is 0.316 e. The number of nitrogens with zero attached hydrogens (tertiary/aromatic N) is 2. The Labute approximate surface area is 168 Å². The maximum absolute atomic E-state index is 11.6. The molecule has 0 saturated carbocycles. The summed E-state index contributed by atoms with van der Waals surface area (Å²) >= 11 is 0. The van der Waals surface area contributed by atoms with E-state index in [0.29, 0.717) is 0 Å². The molecule has 1 atom stereocenters. The van der Waals surface area contributed by atoms with Gasteiger partial charge in [-0.3, -0.25) is 9.79 Å². The van der Waals surface area contributed by atoms with Gasteiger partial charge in [-0.25, -0.2) is 0 Å². The van der Waals surface area contributed by atoms with Gasteiger partial charge in [0.05, 0.1) is 0 Å². The van der Waals surface area contributed by atoms with Crippen molar-refractivity contribution in [1.29, 1.82) is 0 Å². The van der Waals surface area contributed by atoms with Gasteiger partial charge in [-0.2, -0.15) is 0 Å². The van der Waals surface area contributed by atoms with Crippen LogP contribution in [0.3, 0.4) is 0 Å². The smallest absolute Gasteiger partial charge is 0.223 e. The van der Waals surface area contributed by atoms with Crippen LogP contribution in [0, 0.1) is 13.8 Å². The van der Waals surface area contributed by atoms with Crippen LogP contribution in [0.5, 0.6) is 0 Å². The summed E-state index contributed by atoms with van der Waals surface area (Å²) < 4.78 is 0. The van der Waals surface area contributed by atoms with Gasteiger partial charge in [-0.05, 0) is 73.9 Å². The van der Waals surface area contributed by atoms with E-state index in [4.69, 9.17) is 4.99 Å². The molecule has 1 aliphatic rings. The topological polar surface area (TPSA) is 32.7 Å². The summed E-state index contributed by atoms with van der Waals surface area (Å²) in [6.07, 6.45) is 8.58. The number of carbonyl (C=O) groups is 1. The van der Waals surface area contributed by atoms with Crippen LogP contribution in [0.4, 0.5) is 5.69 Å². The molecule has 0 bridgehead atoms. The lowest BCUT2D eigenvalue weighted by Gasteiger charge is -2.22. The lowest BCUT2D eigenvalue weighted by molar-refractivity contribution is -0.116. The van der Waals surface area contributed by atoms with Crippen molar-refractivity contribution >= 4 is 17.8 Å². The normalized spacial score (nSPS) is 14.9. The average Bonchev–Trinajstić information content (AvgIpc) is 2.98. The maximum Gasteiger partial charge on any atom is 0.223 e. The quantitative estimate of drug-likeness (QED) is 0.656. The predicted octanol–water partition coefficient (Wildman–Crippen LogP) is 5.75. The van der Waals surface area contributed by atoms with E-state index in [-0.39, 0.29) is 11.8 Å². The molecule has 1 aliphatic heterocycles. The number of benzene rings is 2. The highest BCUT2D eigenvalue weighted by atomic mass is 16.2. The molecule has 3 heteroatoms. The summed E-state index contributed by atoms with van der Waals surface area (Å²) in [5.74, 6) is 0.282. The molecular formula is C25H30N2O. The van der Waals surface area contributed by atoms with Crippen LogP contribution in [0.1, 0.15) is 54.4 Å². The molecule has 1 unspecified atom stereocenters. The fraction of sp³-hybridized carbons (Fsp3) is 0.360. The second-order valence-electron chi connectivity index (χ2n) is 7.66. The first-order valence-corrected chi connectivity index (χ1v) is 10.1. The monoisotopic (exact) mass is 374 g/mol. The van der Waals surface area contributed by atoms with E-state index >= 15 is 0 Å². The summed E-state index contributed by atoms with van der Waals surface area (Å²) in [5.41, 5.74) is 7.38. The Morgan fingerprint density at radius 3 is 2.57 bits per heavy atom. The number of carbonyl (C=O) groups excluding carboxylic acids is 1. The van der Waals surface area contributed by atoms with E-state index in [1.54, 1.807) is 18.9 Å². The number of aryl methyl sites for hydroxylation is 1. The Hall–Kier alpha value is -2.68. The average molecular weight is 375 g/mol. The molecule has 0 fully saturated rings. The zero-order chi connectivity index (χ0) is 20.1. The van der Waals surface area contributed by atoms with E-state index in [2.05, 4.69) is 56.5 Å². The number of rotatable bonds is 5. The standard InChI is InChI=1S/C25H30N2O/c1-18-9-8-10-23(19(18)2)24(25-11-6-5-7-16-26-25)17-21-12-14-22(15-13-21)27(4)20(3)28/h8-16,24H,5-7,17H2,1-4H3. The Balaban J connectivity index is 1.94. The van der Waals surface area contributed by atoms with Crippen molar-refractivity contribution in [3.8, 4) is 0 Å². The molecule has 2 aromatic rings. The van der Waals surface area contributed by atoms with Gasteiger partial charge in [0.15, 0.2) is 0 Å². The van der Waals surface area contributed by atoms with E-state index in [0.717, 1.165) is 24.9 Å². The molecule has 146 valence electrons. The fourth-order valence-electron chi connectivity index (χ4n) is 3.71.